The normalized spacial score (nSPS) is 25.5. The predicted octanol–water partition coefficient (Wildman–Crippen LogP) is 2.06. The molecule has 24 heavy (non-hydrogen) atoms. The molecule has 2 aliphatic rings. The van der Waals surface area contributed by atoms with Crippen LogP contribution in [-0.2, 0) is 6.54 Å². The lowest BCUT2D eigenvalue weighted by atomic mass is 9.99. The molecule has 2 N–H and O–H groups in total. The van der Waals surface area contributed by atoms with Crippen LogP contribution in [0.15, 0.2) is 30.3 Å². The summed E-state index contributed by atoms with van der Waals surface area (Å²) < 4.78 is 0. The van der Waals surface area contributed by atoms with E-state index >= 15 is 0 Å². The molecule has 2 saturated heterocycles. The topological polar surface area (TPSA) is 55.8 Å². The summed E-state index contributed by atoms with van der Waals surface area (Å²) in [7, 11) is 0. The number of hydrogen-bond donors (Lipinski definition) is 2. The van der Waals surface area contributed by atoms with E-state index in [0.717, 1.165) is 51.9 Å². The van der Waals surface area contributed by atoms with Crippen LogP contribution < -0.4 is 5.32 Å². The SMILES string of the molecule is O=C(NC1CCCN(Cc2ccccc2)C1)N1CCCC(CO)C1. The van der Waals surface area contributed by atoms with E-state index in [1.807, 2.05) is 11.0 Å². The molecule has 132 valence electrons. The first-order valence-electron chi connectivity index (χ1n) is 9.17. The Bertz CT molecular complexity index is 523. The molecule has 5 heteroatoms. The molecular weight excluding hydrogens is 302 g/mol. The Balaban J connectivity index is 1.49. The molecular formula is C19H29N3O2. The van der Waals surface area contributed by atoms with Crippen LogP contribution in [0.25, 0.3) is 0 Å². The van der Waals surface area contributed by atoms with Crippen LogP contribution in [0.3, 0.4) is 0 Å². The smallest absolute Gasteiger partial charge is 0.317 e. The molecule has 0 spiro atoms. The van der Waals surface area contributed by atoms with Gasteiger partial charge in [0.1, 0.15) is 0 Å². The van der Waals surface area contributed by atoms with Crippen LogP contribution in [0.5, 0.6) is 0 Å². The van der Waals surface area contributed by atoms with Crippen molar-refractivity contribution >= 4 is 6.03 Å². The first kappa shape index (κ1) is 17.2. The molecule has 1 aromatic rings. The van der Waals surface area contributed by atoms with Gasteiger partial charge in [0.2, 0.25) is 0 Å². The maximum absolute atomic E-state index is 12.5. The highest BCUT2D eigenvalue weighted by Gasteiger charge is 2.26. The number of urea groups is 1. The first-order chi connectivity index (χ1) is 11.7. The van der Waals surface area contributed by atoms with Crippen molar-refractivity contribution in [1.82, 2.24) is 15.1 Å². The minimum atomic E-state index is 0.0414. The highest BCUT2D eigenvalue weighted by molar-refractivity contribution is 5.74. The van der Waals surface area contributed by atoms with Gasteiger partial charge in [-0.2, -0.15) is 0 Å². The van der Waals surface area contributed by atoms with Gasteiger partial charge < -0.3 is 15.3 Å². The number of aliphatic hydroxyl groups excluding tert-OH is 1. The monoisotopic (exact) mass is 331 g/mol. The van der Waals surface area contributed by atoms with Gasteiger partial charge in [0.05, 0.1) is 0 Å². The molecule has 0 aromatic heterocycles. The lowest BCUT2D eigenvalue weighted by Gasteiger charge is -2.36. The van der Waals surface area contributed by atoms with Crippen molar-refractivity contribution in [3.05, 3.63) is 35.9 Å². The van der Waals surface area contributed by atoms with E-state index in [1.165, 1.54) is 5.56 Å². The minimum Gasteiger partial charge on any atom is -0.396 e. The van der Waals surface area contributed by atoms with E-state index in [0.29, 0.717) is 6.54 Å². The van der Waals surface area contributed by atoms with E-state index in [1.54, 1.807) is 0 Å². The second-order valence-corrected chi connectivity index (χ2v) is 7.15. The van der Waals surface area contributed by atoms with Gasteiger partial charge in [-0.3, -0.25) is 4.90 Å². The van der Waals surface area contributed by atoms with Crippen molar-refractivity contribution in [2.24, 2.45) is 5.92 Å². The van der Waals surface area contributed by atoms with Gasteiger partial charge in [-0.1, -0.05) is 30.3 Å². The molecule has 0 aliphatic carbocycles. The highest BCUT2D eigenvalue weighted by atomic mass is 16.3. The fourth-order valence-electron chi connectivity index (χ4n) is 3.82. The summed E-state index contributed by atoms with van der Waals surface area (Å²) in [6.45, 7) is 4.63. The largest absolute Gasteiger partial charge is 0.396 e. The Morgan fingerprint density at radius 3 is 2.71 bits per heavy atom. The number of nitrogens with one attached hydrogen (secondary N) is 1. The summed E-state index contributed by atoms with van der Waals surface area (Å²) in [5.41, 5.74) is 1.33. The van der Waals surface area contributed by atoms with Crippen molar-refractivity contribution in [1.29, 1.82) is 0 Å². The van der Waals surface area contributed by atoms with Gasteiger partial charge in [0.25, 0.3) is 0 Å². The Kier molecular flexibility index (Phi) is 6.10. The summed E-state index contributed by atoms with van der Waals surface area (Å²) in [6.07, 6.45) is 4.18. The van der Waals surface area contributed by atoms with Gasteiger partial charge in [-0.25, -0.2) is 4.79 Å². The second-order valence-electron chi connectivity index (χ2n) is 7.15. The number of piperidine rings is 2. The molecule has 2 amide bonds. The molecule has 0 radical (unpaired) electrons. The minimum absolute atomic E-state index is 0.0414. The predicted molar refractivity (Wildman–Crippen MR) is 94.7 cm³/mol. The first-order valence-corrected chi connectivity index (χ1v) is 9.17. The number of rotatable bonds is 4. The fraction of sp³-hybridized carbons (Fsp3) is 0.632. The van der Waals surface area contributed by atoms with E-state index in [-0.39, 0.29) is 24.6 Å². The molecule has 0 bridgehead atoms. The highest BCUT2D eigenvalue weighted by Crippen LogP contribution is 2.17. The quantitative estimate of drug-likeness (QED) is 0.888. The Labute approximate surface area is 144 Å². The van der Waals surface area contributed by atoms with Crippen LogP contribution in [0.2, 0.25) is 0 Å². The van der Waals surface area contributed by atoms with Gasteiger partial charge in [-0.05, 0) is 43.7 Å². The lowest BCUT2D eigenvalue weighted by Crippen LogP contribution is -2.53. The van der Waals surface area contributed by atoms with E-state index in [4.69, 9.17) is 0 Å². The number of aliphatic hydroxyl groups is 1. The van der Waals surface area contributed by atoms with Crippen LogP contribution in [0, 0.1) is 5.92 Å². The molecule has 1 aromatic carbocycles. The summed E-state index contributed by atoms with van der Waals surface area (Å²) >= 11 is 0. The number of likely N-dealkylation sites (tertiary alicyclic amines) is 2. The number of carbonyl (C=O) groups excluding carboxylic acids is 1. The van der Waals surface area contributed by atoms with Gasteiger partial charge in [-0.15, -0.1) is 0 Å². The maximum atomic E-state index is 12.5. The van der Waals surface area contributed by atoms with Gasteiger partial charge >= 0.3 is 6.03 Å². The molecule has 2 atom stereocenters. The average molecular weight is 331 g/mol. The molecule has 0 saturated carbocycles. The van der Waals surface area contributed by atoms with Crippen LogP contribution in [0.4, 0.5) is 4.79 Å². The third-order valence-electron chi connectivity index (χ3n) is 5.15. The lowest BCUT2D eigenvalue weighted by molar-refractivity contribution is 0.122. The summed E-state index contributed by atoms with van der Waals surface area (Å²) in [5, 5.41) is 12.5. The third kappa shape index (κ3) is 4.71. The van der Waals surface area contributed by atoms with Crippen molar-refractivity contribution in [3.63, 3.8) is 0 Å². The Hall–Kier alpha value is -1.59. The zero-order valence-electron chi connectivity index (χ0n) is 14.4. The van der Waals surface area contributed by atoms with Gasteiger partial charge in [0, 0.05) is 38.8 Å². The van der Waals surface area contributed by atoms with E-state index in [2.05, 4.69) is 34.5 Å². The van der Waals surface area contributed by atoms with E-state index < -0.39 is 0 Å². The molecule has 2 fully saturated rings. The molecule has 2 heterocycles. The average Bonchev–Trinajstić information content (AvgIpc) is 2.63. The molecule has 3 rings (SSSR count). The fourth-order valence-corrected chi connectivity index (χ4v) is 3.82. The third-order valence-corrected chi connectivity index (χ3v) is 5.15. The number of carbonyl (C=O) groups is 1. The second kappa shape index (κ2) is 8.49. The number of benzene rings is 1. The molecule has 5 nitrogen and oxygen atoms in total. The zero-order valence-corrected chi connectivity index (χ0v) is 14.4. The van der Waals surface area contributed by atoms with Crippen LogP contribution >= 0.6 is 0 Å². The summed E-state index contributed by atoms with van der Waals surface area (Å²) in [5.74, 6) is 0.241. The Morgan fingerprint density at radius 2 is 1.92 bits per heavy atom. The summed E-state index contributed by atoms with van der Waals surface area (Å²) in [6, 6.07) is 10.8. The van der Waals surface area contributed by atoms with Crippen LogP contribution in [0.1, 0.15) is 31.2 Å². The summed E-state index contributed by atoms with van der Waals surface area (Å²) in [4.78, 5) is 16.8. The number of nitrogens with zero attached hydrogens (tertiary/aromatic N) is 2. The Morgan fingerprint density at radius 1 is 1.12 bits per heavy atom. The number of amides is 2. The van der Waals surface area contributed by atoms with Crippen molar-refractivity contribution < 1.29 is 9.90 Å². The number of hydrogen-bond acceptors (Lipinski definition) is 3. The zero-order chi connectivity index (χ0) is 16.8. The molecule has 2 aliphatic heterocycles. The van der Waals surface area contributed by atoms with Gasteiger partial charge in [0.15, 0.2) is 0 Å². The van der Waals surface area contributed by atoms with E-state index in [9.17, 15) is 9.90 Å². The van der Waals surface area contributed by atoms with Crippen molar-refractivity contribution in [2.75, 3.05) is 32.8 Å². The molecule has 2 unspecified atom stereocenters. The van der Waals surface area contributed by atoms with Crippen LogP contribution in [-0.4, -0.2) is 59.8 Å². The maximum Gasteiger partial charge on any atom is 0.317 e. The standard InChI is InChI=1S/C19H29N3O2/c23-15-17-8-4-11-22(13-17)19(24)20-18-9-5-10-21(14-18)12-16-6-2-1-3-7-16/h1-3,6-7,17-18,23H,4-5,8-15H2,(H,20,24). The van der Waals surface area contributed by atoms with Crippen molar-refractivity contribution in [3.8, 4) is 0 Å². The van der Waals surface area contributed by atoms with Crippen molar-refractivity contribution in [2.45, 2.75) is 38.3 Å².